The van der Waals surface area contributed by atoms with Crippen LogP contribution in [0.4, 0.5) is 0 Å². The molecule has 94 valence electrons. The van der Waals surface area contributed by atoms with Gasteiger partial charge in [0.1, 0.15) is 0 Å². The SMILES string of the molecule is COC(=O)CCS(=O)(=O)N1CCNCC1C. The van der Waals surface area contributed by atoms with Crippen molar-refractivity contribution in [3.05, 3.63) is 0 Å². The summed E-state index contributed by atoms with van der Waals surface area (Å²) in [6.07, 6.45) is -0.0878. The van der Waals surface area contributed by atoms with Crippen molar-refractivity contribution in [2.75, 3.05) is 32.5 Å². The predicted molar refractivity (Wildman–Crippen MR) is 59.5 cm³/mol. The molecule has 1 unspecified atom stereocenters. The van der Waals surface area contributed by atoms with E-state index in [9.17, 15) is 13.2 Å². The molecule has 1 atom stereocenters. The lowest BCUT2D eigenvalue weighted by molar-refractivity contribution is -0.140. The molecule has 0 saturated carbocycles. The van der Waals surface area contributed by atoms with E-state index in [-0.39, 0.29) is 18.2 Å². The quantitative estimate of drug-likeness (QED) is 0.659. The van der Waals surface area contributed by atoms with Crippen LogP contribution in [-0.2, 0) is 19.6 Å². The Hall–Kier alpha value is -0.660. The molecule has 1 aliphatic heterocycles. The molecule has 0 aliphatic carbocycles. The Kier molecular flexibility index (Phi) is 4.69. The Bertz CT molecular complexity index is 341. The molecule has 0 aromatic rings. The van der Waals surface area contributed by atoms with Gasteiger partial charge in [0.15, 0.2) is 0 Å². The highest BCUT2D eigenvalue weighted by Crippen LogP contribution is 2.11. The summed E-state index contributed by atoms with van der Waals surface area (Å²) in [5, 5.41) is 3.11. The van der Waals surface area contributed by atoms with Crippen LogP contribution in [0.25, 0.3) is 0 Å². The average Bonchev–Trinajstić information content (AvgIpc) is 2.26. The number of carbonyl (C=O) groups excluding carboxylic acids is 1. The Labute approximate surface area is 96.0 Å². The van der Waals surface area contributed by atoms with E-state index in [0.29, 0.717) is 19.6 Å². The first-order valence-corrected chi connectivity index (χ1v) is 6.85. The fourth-order valence-electron chi connectivity index (χ4n) is 1.67. The maximum Gasteiger partial charge on any atom is 0.306 e. The highest BCUT2D eigenvalue weighted by atomic mass is 32.2. The van der Waals surface area contributed by atoms with Crippen molar-refractivity contribution in [2.24, 2.45) is 0 Å². The molecule has 0 aromatic heterocycles. The molecule has 1 rings (SSSR count). The summed E-state index contributed by atoms with van der Waals surface area (Å²) in [5.74, 6) is -0.671. The number of esters is 1. The number of sulfonamides is 1. The maximum absolute atomic E-state index is 11.9. The summed E-state index contributed by atoms with van der Waals surface area (Å²) in [6.45, 7) is 3.62. The zero-order chi connectivity index (χ0) is 12.2. The minimum atomic E-state index is -3.35. The zero-order valence-corrected chi connectivity index (χ0v) is 10.4. The molecular weight excluding hydrogens is 232 g/mol. The molecule has 6 nitrogen and oxygen atoms in total. The molecule has 7 heteroatoms. The van der Waals surface area contributed by atoms with Crippen molar-refractivity contribution >= 4 is 16.0 Å². The Morgan fingerprint density at radius 3 is 2.81 bits per heavy atom. The molecule has 1 N–H and O–H groups in total. The lowest BCUT2D eigenvalue weighted by atomic mass is 10.3. The van der Waals surface area contributed by atoms with Crippen molar-refractivity contribution in [3.8, 4) is 0 Å². The van der Waals surface area contributed by atoms with E-state index in [1.165, 1.54) is 11.4 Å². The van der Waals surface area contributed by atoms with Crippen molar-refractivity contribution in [2.45, 2.75) is 19.4 Å². The van der Waals surface area contributed by atoms with Gasteiger partial charge >= 0.3 is 5.97 Å². The third-order valence-corrected chi connectivity index (χ3v) is 4.57. The normalized spacial score (nSPS) is 23.0. The number of nitrogens with zero attached hydrogens (tertiary/aromatic N) is 1. The van der Waals surface area contributed by atoms with Crippen LogP contribution in [0, 0.1) is 0 Å². The summed E-state index contributed by atoms with van der Waals surface area (Å²) in [4.78, 5) is 10.9. The Balaban J connectivity index is 2.58. The van der Waals surface area contributed by atoms with E-state index < -0.39 is 16.0 Å². The minimum Gasteiger partial charge on any atom is -0.469 e. The monoisotopic (exact) mass is 250 g/mol. The lowest BCUT2D eigenvalue weighted by Crippen LogP contribution is -2.52. The van der Waals surface area contributed by atoms with Crippen LogP contribution in [0.5, 0.6) is 0 Å². The van der Waals surface area contributed by atoms with Gasteiger partial charge in [0, 0.05) is 25.7 Å². The number of carbonyl (C=O) groups is 1. The number of hydrogen-bond acceptors (Lipinski definition) is 5. The zero-order valence-electron chi connectivity index (χ0n) is 9.60. The molecular formula is C9H18N2O4S. The maximum atomic E-state index is 11.9. The molecule has 1 heterocycles. The van der Waals surface area contributed by atoms with Crippen molar-refractivity contribution in [1.82, 2.24) is 9.62 Å². The number of rotatable bonds is 4. The van der Waals surface area contributed by atoms with Crippen molar-refractivity contribution < 1.29 is 17.9 Å². The van der Waals surface area contributed by atoms with Crippen LogP contribution < -0.4 is 5.32 Å². The van der Waals surface area contributed by atoms with E-state index in [4.69, 9.17) is 0 Å². The molecule has 1 fully saturated rings. The lowest BCUT2D eigenvalue weighted by Gasteiger charge is -2.32. The van der Waals surface area contributed by atoms with Gasteiger partial charge in [-0.3, -0.25) is 4.79 Å². The summed E-state index contributed by atoms with van der Waals surface area (Å²) in [6, 6.07) is -0.0589. The molecule has 0 bridgehead atoms. The Morgan fingerprint density at radius 2 is 2.25 bits per heavy atom. The molecule has 0 amide bonds. The molecule has 1 aliphatic rings. The largest absolute Gasteiger partial charge is 0.469 e. The van der Waals surface area contributed by atoms with Gasteiger partial charge in [0.2, 0.25) is 10.0 Å². The first kappa shape index (κ1) is 13.4. The van der Waals surface area contributed by atoms with Crippen LogP contribution in [0.15, 0.2) is 0 Å². The van der Waals surface area contributed by atoms with Crippen LogP contribution in [0.2, 0.25) is 0 Å². The van der Waals surface area contributed by atoms with Crippen molar-refractivity contribution in [1.29, 1.82) is 0 Å². The number of nitrogens with one attached hydrogen (secondary N) is 1. The molecule has 0 spiro atoms. The molecule has 0 aromatic carbocycles. The van der Waals surface area contributed by atoms with E-state index >= 15 is 0 Å². The highest BCUT2D eigenvalue weighted by Gasteiger charge is 2.29. The summed E-state index contributed by atoms with van der Waals surface area (Å²) < 4.78 is 29.7. The first-order chi connectivity index (χ1) is 7.47. The summed E-state index contributed by atoms with van der Waals surface area (Å²) in [7, 11) is -2.09. The predicted octanol–water partition coefficient (Wildman–Crippen LogP) is -0.827. The fourth-order valence-corrected chi connectivity index (χ4v) is 3.32. The number of piperazine rings is 1. The molecule has 0 radical (unpaired) electrons. The van der Waals surface area contributed by atoms with Gasteiger partial charge in [0.05, 0.1) is 19.3 Å². The van der Waals surface area contributed by atoms with E-state index in [1.807, 2.05) is 6.92 Å². The summed E-state index contributed by atoms with van der Waals surface area (Å²) >= 11 is 0. The highest BCUT2D eigenvalue weighted by molar-refractivity contribution is 7.89. The van der Waals surface area contributed by atoms with E-state index in [1.54, 1.807) is 0 Å². The van der Waals surface area contributed by atoms with Crippen LogP contribution in [0.1, 0.15) is 13.3 Å². The number of ether oxygens (including phenoxy) is 1. The topological polar surface area (TPSA) is 75.7 Å². The third kappa shape index (κ3) is 3.43. The van der Waals surface area contributed by atoms with E-state index in [0.717, 1.165) is 0 Å². The van der Waals surface area contributed by atoms with Crippen LogP contribution >= 0.6 is 0 Å². The third-order valence-electron chi connectivity index (χ3n) is 2.59. The second kappa shape index (κ2) is 5.60. The summed E-state index contributed by atoms with van der Waals surface area (Å²) in [5.41, 5.74) is 0. The van der Waals surface area contributed by atoms with Gasteiger partial charge in [0.25, 0.3) is 0 Å². The van der Waals surface area contributed by atoms with Crippen molar-refractivity contribution in [3.63, 3.8) is 0 Å². The minimum absolute atomic E-state index is 0.0589. The van der Waals surface area contributed by atoms with Crippen LogP contribution in [-0.4, -0.2) is 57.2 Å². The van der Waals surface area contributed by atoms with Gasteiger partial charge in [-0.1, -0.05) is 0 Å². The number of methoxy groups -OCH3 is 1. The second-order valence-corrected chi connectivity index (χ2v) is 5.85. The fraction of sp³-hybridized carbons (Fsp3) is 0.889. The second-order valence-electron chi connectivity index (χ2n) is 3.81. The van der Waals surface area contributed by atoms with Gasteiger partial charge < -0.3 is 10.1 Å². The van der Waals surface area contributed by atoms with Gasteiger partial charge in [-0.25, -0.2) is 8.42 Å². The van der Waals surface area contributed by atoms with Gasteiger partial charge in [-0.15, -0.1) is 0 Å². The average molecular weight is 250 g/mol. The molecule has 16 heavy (non-hydrogen) atoms. The van der Waals surface area contributed by atoms with Crippen LogP contribution in [0.3, 0.4) is 0 Å². The smallest absolute Gasteiger partial charge is 0.306 e. The first-order valence-electron chi connectivity index (χ1n) is 5.24. The number of hydrogen-bond donors (Lipinski definition) is 1. The van der Waals surface area contributed by atoms with E-state index in [2.05, 4.69) is 10.1 Å². The standard InChI is InChI=1S/C9H18N2O4S/c1-8-7-10-4-5-11(8)16(13,14)6-3-9(12)15-2/h8,10H,3-7H2,1-2H3. The van der Waals surface area contributed by atoms with Gasteiger partial charge in [-0.05, 0) is 6.92 Å². The van der Waals surface area contributed by atoms with Gasteiger partial charge in [-0.2, -0.15) is 4.31 Å². The molecule has 1 saturated heterocycles. The Morgan fingerprint density at radius 1 is 1.56 bits per heavy atom.